The predicted molar refractivity (Wildman–Crippen MR) is 51.5 cm³/mol. The highest BCUT2D eigenvalue weighted by Gasteiger charge is 2.21. The summed E-state index contributed by atoms with van der Waals surface area (Å²) in [6, 6.07) is 4.05. The number of aromatic hydroxyl groups is 1. The van der Waals surface area contributed by atoms with Crippen LogP contribution < -0.4 is 0 Å². The molecule has 0 fully saturated rings. The van der Waals surface area contributed by atoms with E-state index >= 15 is 0 Å². The molecule has 0 aliphatic carbocycles. The summed E-state index contributed by atoms with van der Waals surface area (Å²) in [7, 11) is 0. The van der Waals surface area contributed by atoms with Crippen LogP contribution in [0.5, 0.6) is 5.75 Å². The van der Waals surface area contributed by atoms with Gasteiger partial charge in [0.15, 0.2) is 0 Å². The monoisotopic (exact) mass is 193 g/mol. The summed E-state index contributed by atoms with van der Waals surface area (Å²) in [5.41, 5.74) is 0.0570. The van der Waals surface area contributed by atoms with Crippen molar-refractivity contribution in [1.82, 2.24) is 0 Å². The zero-order valence-electron chi connectivity index (χ0n) is 8.43. The van der Waals surface area contributed by atoms with Crippen molar-refractivity contribution in [2.45, 2.75) is 26.2 Å². The van der Waals surface area contributed by atoms with Crippen LogP contribution >= 0.6 is 0 Å². The molecule has 1 rings (SSSR count). The summed E-state index contributed by atoms with van der Waals surface area (Å²) in [5, 5.41) is 18.3. The van der Waals surface area contributed by atoms with Crippen LogP contribution in [0.25, 0.3) is 0 Å². The van der Waals surface area contributed by atoms with E-state index in [-0.39, 0.29) is 16.7 Å². The molecular weight excluding hydrogens is 181 g/mol. The molecule has 1 aromatic carbocycles. The Morgan fingerprint density at radius 3 is 2.36 bits per heavy atom. The summed E-state index contributed by atoms with van der Waals surface area (Å²) < 4.78 is 13.1. The Labute approximate surface area is 82.6 Å². The smallest absolute Gasteiger partial charge is 0.137 e. The third kappa shape index (κ3) is 1.85. The molecule has 0 amide bonds. The highest BCUT2D eigenvalue weighted by molar-refractivity contribution is 5.50. The minimum absolute atomic E-state index is 0.0186. The van der Waals surface area contributed by atoms with Crippen LogP contribution in [0, 0.1) is 17.1 Å². The number of hydrogen-bond donors (Lipinski definition) is 1. The fourth-order valence-corrected chi connectivity index (χ4v) is 1.26. The quantitative estimate of drug-likeness (QED) is 0.688. The van der Waals surface area contributed by atoms with Gasteiger partial charge in [-0.3, -0.25) is 0 Å². The minimum atomic E-state index is -0.496. The van der Waals surface area contributed by atoms with Gasteiger partial charge in [0, 0.05) is 5.56 Å². The fourth-order valence-electron chi connectivity index (χ4n) is 1.26. The van der Waals surface area contributed by atoms with Crippen LogP contribution in [0.1, 0.15) is 31.9 Å². The molecule has 0 saturated carbocycles. The van der Waals surface area contributed by atoms with Crippen molar-refractivity contribution in [3.05, 3.63) is 29.1 Å². The number of phenols is 1. The summed E-state index contributed by atoms with van der Waals surface area (Å²) in [6.07, 6.45) is 0. The van der Waals surface area contributed by atoms with E-state index in [0.717, 1.165) is 6.07 Å². The lowest BCUT2D eigenvalue weighted by Gasteiger charge is -2.20. The molecule has 0 unspecified atom stereocenters. The Morgan fingerprint density at radius 1 is 1.36 bits per heavy atom. The van der Waals surface area contributed by atoms with Crippen molar-refractivity contribution < 1.29 is 9.50 Å². The first kappa shape index (κ1) is 10.5. The van der Waals surface area contributed by atoms with Gasteiger partial charge in [0.1, 0.15) is 17.6 Å². The van der Waals surface area contributed by atoms with Gasteiger partial charge in [-0.1, -0.05) is 20.8 Å². The second-order valence-electron chi connectivity index (χ2n) is 4.21. The summed E-state index contributed by atoms with van der Waals surface area (Å²) in [5.74, 6) is -0.620. The lowest BCUT2D eigenvalue weighted by atomic mass is 9.85. The maximum absolute atomic E-state index is 13.1. The van der Waals surface area contributed by atoms with Crippen LogP contribution in [0.4, 0.5) is 4.39 Å². The highest BCUT2D eigenvalue weighted by Crippen LogP contribution is 2.33. The SMILES string of the molecule is CC(C)(C)c1cc(F)cc(C#N)c1O. The molecule has 0 spiro atoms. The summed E-state index contributed by atoms with van der Waals surface area (Å²) in [4.78, 5) is 0. The lowest BCUT2D eigenvalue weighted by Crippen LogP contribution is -2.12. The normalized spacial score (nSPS) is 11.1. The molecule has 3 heteroatoms. The van der Waals surface area contributed by atoms with Gasteiger partial charge in [-0.05, 0) is 17.5 Å². The lowest BCUT2D eigenvalue weighted by molar-refractivity contribution is 0.441. The largest absolute Gasteiger partial charge is 0.506 e. The molecule has 0 heterocycles. The molecule has 1 aromatic rings. The summed E-state index contributed by atoms with van der Waals surface area (Å²) >= 11 is 0. The average molecular weight is 193 g/mol. The molecule has 0 aliphatic rings. The average Bonchev–Trinajstić information content (AvgIpc) is 2.06. The van der Waals surface area contributed by atoms with Crippen LogP contribution in [0.3, 0.4) is 0 Å². The number of halogens is 1. The van der Waals surface area contributed by atoms with E-state index in [4.69, 9.17) is 5.26 Å². The molecule has 74 valence electrons. The first-order valence-corrected chi connectivity index (χ1v) is 4.29. The Balaban J connectivity index is 3.47. The fraction of sp³-hybridized carbons (Fsp3) is 0.364. The van der Waals surface area contributed by atoms with E-state index in [1.54, 1.807) is 6.07 Å². The van der Waals surface area contributed by atoms with Crippen LogP contribution in [0.2, 0.25) is 0 Å². The van der Waals surface area contributed by atoms with Gasteiger partial charge >= 0.3 is 0 Å². The molecule has 2 nitrogen and oxygen atoms in total. The van der Waals surface area contributed by atoms with E-state index in [2.05, 4.69) is 0 Å². The number of hydrogen-bond acceptors (Lipinski definition) is 2. The minimum Gasteiger partial charge on any atom is -0.506 e. The number of benzene rings is 1. The van der Waals surface area contributed by atoms with Crippen LogP contribution in [0.15, 0.2) is 12.1 Å². The Kier molecular flexibility index (Phi) is 2.48. The second kappa shape index (κ2) is 3.30. The van der Waals surface area contributed by atoms with Crippen LogP contribution in [-0.4, -0.2) is 5.11 Å². The number of nitriles is 1. The Bertz CT molecular complexity index is 399. The predicted octanol–water partition coefficient (Wildman–Crippen LogP) is 2.70. The second-order valence-corrected chi connectivity index (χ2v) is 4.21. The number of rotatable bonds is 0. The molecule has 14 heavy (non-hydrogen) atoms. The zero-order chi connectivity index (χ0) is 10.9. The van der Waals surface area contributed by atoms with Crippen LogP contribution in [-0.2, 0) is 5.41 Å². The van der Waals surface area contributed by atoms with E-state index < -0.39 is 5.82 Å². The molecule has 0 bridgehead atoms. The molecule has 0 radical (unpaired) electrons. The van der Waals surface area contributed by atoms with Crippen molar-refractivity contribution in [1.29, 1.82) is 5.26 Å². The van der Waals surface area contributed by atoms with Crippen molar-refractivity contribution in [2.24, 2.45) is 0 Å². The first-order chi connectivity index (χ1) is 6.36. The molecular formula is C11H12FNO. The highest BCUT2D eigenvalue weighted by atomic mass is 19.1. The van der Waals surface area contributed by atoms with Gasteiger partial charge in [-0.25, -0.2) is 4.39 Å². The van der Waals surface area contributed by atoms with E-state index in [1.807, 2.05) is 20.8 Å². The van der Waals surface area contributed by atoms with E-state index in [9.17, 15) is 9.50 Å². The van der Waals surface area contributed by atoms with Crippen molar-refractivity contribution >= 4 is 0 Å². The molecule has 0 aromatic heterocycles. The maximum Gasteiger partial charge on any atom is 0.137 e. The molecule has 1 N–H and O–H groups in total. The van der Waals surface area contributed by atoms with Gasteiger partial charge in [-0.15, -0.1) is 0 Å². The summed E-state index contributed by atoms with van der Waals surface area (Å²) in [6.45, 7) is 5.55. The Morgan fingerprint density at radius 2 is 1.93 bits per heavy atom. The molecule has 0 atom stereocenters. The third-order valence-electron chi connectivity index (χ3n) is 2.00. The standard InChI is InChI=1S/C11H12FNO/c1-11(2,3)9-5-8(12)4-7(6-13)10(9)14/h4-5,14H,1-3H3. The van der Waals surface area contributed by atoms with E-state index in [0.29, 0.717) is 5.56 Å². The first-order valence-electron chi connectivity index (χ1n) is 4.29. The topological polar surface area (TPSA) is 44.0 Å². The van der Waals surface area contributed by atoms with Gasteiger partial charge in [0.2, 0.25) is 0 Å². The molecule has 0 aliphatic heterocycles. The maximum atomic E-state index is 13.1. The number of phenolic OH excluding ortho intramolecular Hbond substituents is 1. The molecule has 0 saturated heterocycles. The van der Waals surface area contributed by atoms with Gasteiger partial charge in [0.05, 0.1) is 5.56 Å². The third-order valence-corrected chi connectivity index (χ3v) is 2.00. The van der Waals surface area contributed by atoms with Crippen molar-refractivity contribution in [3.63, 3.8) is 0 Å². The van der Waals surface area contributed by atoms with E-state index in [1.165, 1.54) is 6.07 Å². The van der Waals surface area contributed by atoms with Gasteiger partial charge in [0.25, 0.3) is 0 Å². The zero-order valence-corrected chi connectivity index (χ0v) is 8.43. The van der Waals surface area contributed by atoms with Gasteiger partial charge in [-0.2, -0.15) is 5.26 Å². The number of nitrogens with zero attached hydrogens (tertiary/aromatic N) is 1. The van der Waals surface area contributed by atoms with Gasteiger partial charge < -0.3 is 5.11 Å². The van der Waals surface area contributed by atoms with Crippen molar-refractivity contribution in [2.75, 3.05) is 0 Å². The Hall–Kier alpha value is -1.56. The van der Waals surface area contributed by atoms with Crippen molar-refractivity contribution in [3.8, 4) is 11.8 Å².